The number of aryl methyl sites for hydroxylation is 2. The van der Waals surface area contributed by atoms with Gasteiger partial charge in [0.1, 0.15) is 0 Å². The van der Waals surface area contributed by atoms with E-state index in [4.69, 9.17) is 11.6 Å². The van der Waals surface area contributed by atoms with E-state index in [1.54, 1.807) is 11.3 Å². The van der Waals surface area contributed by atoms with Gasteiger partial charge in [0.25, 0.3) is 5.91 Å². The maximum absolute atomic E-state index is 12.7. The summed E-state index contributed by atoms with van der Waals surface area (Å²) in [6.07, 6.45) is 0. The van der Waals surface area contributed by atoms with Crippen LogP contribution in [0.15, 0.2) is 23.6 Å². The molecule has 0 saturated carbocycles. The number of carbonyl (C=O) groups excluding carboxylic acids is 1. The van der Waals surface area contributed by atoms with Crippen LogP contribution in [0, 0.1) is 20.8 Å². The van der Waals surface area contributed by atoms with E-state index in [9.17, 15) is 4.79 Å². The van der Waals surface area contributed by atoms with Crippen LogP contribution in [0.25, 0.3) is 0 Å². The van der Waals surface area contributed by atoms with Crippen LogP contribution in [0.4, 0.5) is 5.69 Å². The molecular formula is C18H21ClN2OS. The first-order chi connectivity index (χ1) is 11.0. The molecule has 0 radical (unpaired) electrons. The molecule has 2 heterocycles. The average molecular weight is 349 g/mol. The minimum absolute atomic E-state index is 0.161. The highest BCUT2D eigenvalue weighted by molar-refractivity contribution is 7.10. The topological polar surface area (TPSA) is 23.6 Å². The summed E-state index contributed by atoms with van der Waals surface area (Å²) in [7, 11) is 0. The third-order valence-corrected chi connectivity index (χ3v) is 5.84. The molecule has 1 fully saturated rings. The number of hydrogen-bond acceptors (Lipinski definition) is 3. The van der Waals surface area contributed by atoms with Crippen molar-refractivity contribution >= 4 is 34.5 Å². The Balaban J connectivity index is 1.70. The fraction of sp³-hybridized carbons (Fsp3) is 0.389. The van der Waals surface area contributed by atoms with Crippen molar-refractivity contribution in [3.63, 3.8) is 0 Å². The van der Waals surface area contributed by atoms with Crippen LogP contribution < -0.4 is 4.90 Å². The van der Waals surface area contributed by atoms with Crippen LogP contribution in [-0.4, -0.2) is 37.0 Å². The Morgan fingerprint density at radius 1 is 1.13 bits per heavy atom. The lowest BCUT2D eigenvalue weighted by molar-refractivity contribution is 0.0746. The normalized spacial score (nSPS) is 15.1. The maximum Gasteiger partial charge on any atom is 0.255 e. The molecule has 0 spiro atoms. The van der Waals surface area contributed by atoms with E-state index in [2.05, 4.69) is 18.7 Å². The number of hydrogen-bond donors (Lipinski definition) is 0. The Bertz CT molecular complexity index is 733. The lowest BCUT2D eigenvalue weighted by atomic mass is 10.1. The molecule has 0 unspecified atom stereocenters. The molecule has 1 amide bonds. The Labute approximate surface area is 146 Å². The summed E-state index contributed by atoms with van der Waals surface area (Å²) in [6.45, 7) is 9.38. The average Bonchev–Trinajstić information content (AvgIpc) is 2.89. The van der Waals surface area contributed by atoms with Gasteiger partial charge in [0, 0.05) is 47.1 Å². The third-order valence-electron chi connectivity index (χ3n) is 4.59. The number of nitrogens with zero attached hydrogens (tertiary/aromatic N) is 2. The van der Waals surface area contributed by atoms with Crippen molar-refractivity contribution in [3.8, 4) is 0 Å². The van der Waals surface area contributed by atoms with E-state index >= 15 is 0 Å². The van der Waals surface area contributed by atoms with Gasteiger partial charge in [-0.05, 0) is 44.0 Å². The van der Waals surface area contributed by atoms with Crippen LogP contribution in [0.1, 0.15) is 26.4 Å². The van der Waals surface area contributed by atoms with Gasteiger partial charge >= 0.3 is 0 Å². The highest BCUT2D eigenvalue weighted by atomic mass is 35.5. The number of piperazine rings is 1. The predicted octanol–water partition coefficient (Wildman–Crippen LogP) is 4.29. The number of carbonyl (C=O) groups is 1. The van der Waals surface area contributed by atoms with Crippen LogP contribution >= 0.6 is 22.9 Å². The zero-order valence-corrected chi connectivity index (χ0v) is 15.3. The SMILES string of the molecule is Cc1ccc(Cl)cc1N1CCN(C(=O)c2csc(C)c2C)CC1. The highest BCUT2D eigenvalue weighted by Gasteiger charge is 2.24. The summed E-state index contributed by atoms with van der Waals surface area (Å²) < 4.78 is 0. The molecule has 0 aliphatic carbocycles. The fourth-order valence-corrected chi connectivity index (χ4v) is 3.99. The van der Waals surface area contributed by atoms with E-state index in [1.165, 1.54) is 16.1 Å². The van der Waals surface area contributed by atoms with E-state index < -0.39 is 0 Å². The Morgan fingerprint density at radius 2 is 1.83 bits per heavy atom. The van der Waals surface area contributed by atoms with Crippen molar-refractivity contribution < 1.29 is 4.79 Å². The number of thiophene rings is 1. The monoisotopic (exact) mass is 348 g/mol. The summed E-state index contributed by atoms with van der Waals surface area (Å²) in [6, 6.07) is 5.98. The van der Waals surface area contributed by atoms with Gasteiger partial charge in [-0.25, -0.2) is 0 Å². The molecule has 1 aliphatic heterocycles. The molecule has 0 bridgehead atoms. The number of anilines is 1. The van der Waals surface area contributed by atoms with Crippen molar-refractivity contribution in [3.05, 3.63) is 50.2 Å². The lowest BCUT2D eigenvalue weighted by Gasteiger charge is -2.37. The van der Waals surface area contributed by atoms with Gasteiger partial charge < -0.3 is 9.80 Å². The van der Waals surface area contributed by atoms with Crippen molar-refractivity contribution in [2.75, 3.05) is 31.1 Å². The van der Waals surface area contributed by atoms with Gasteiger partial charge in [0.2, 0.25) is 0 Å². The standard InChI is InChI=1S/C18H21ClN2OS/c1-12-4-5-15(19)10-17(12)20-6-8-21(9-7-20)18(22)16-11-23-14(3)13(16)2/h4-5,10-11H,6-9H2,1-3H3. The fourth-order valence-electron chi connectivity index (χ4n) is 2.97. The largest absolute Gasteiger partial charge is 0.368 e. The first-order valence-corrected chi connectivity index (χ1v) is 9.08. The molecule has 1 aromatic carbocycles. The summed E-state index contributed by atoms with van der Waals surface area (Å²) >= 11 is 7.78. The van der Waals surface area contributed by atoms with Gasteiger partial charge in [0.15, 0.2) is 0 Å². The molecule has 0 N–H and O–H groups in total. The van der Waals surface area contributed by atoms with Gasteiger partial charge in [-0.1, -0.05) is 17.7 Å². The maximum atomic E-state index is 12.7. The molecule has 23 heavy (non-hydrogen) atoms. The van der Waals surface area contributed by atoms with Crippen LogP contribution in [0.2, 0.25) is 5.02 Å². The summed E-state index contributed by atoms with van der Waals surface area (Å²) in [5.74, 6) is 0.161. The molecule has 5 heteroatoms. The molecule has 1 aliphatic rings. The highest BCUT2D eigenvalue weighted by Crippen LogP contribution is 2.26. The summed E-state index contributed by atoms with van der Waals surface area (Å²) in [5.41, 5.74) is 4.37. The predicted molar refractivity (Wildman–Crippen MR) is 98.1 cm³/mol. The first-order valence-electron chi connectivity index (χ1n) is 7.82. The van der Waals surface area contributed by atoms with Gasteiger partial charge in [-0.3, -0.25) is 4.79 Å². The Morgan fingerprint density at radius 3 is 2.43 bits per heavy atom. The van der Waals surface area contributed by atoms with E-state index in [0.717, 1.165) is 42.3 Å². The zero-order chi connectivity index (χ0) is 16.6. The van der Waals surface area contributed by atoms with Crippen LogP contribution in [0.5, 0.6) is 0 Å². The number of halogens is 1. The van der Waals surface area contributed by atoms with E-state index in [-0.39, 0.29) is 5.91 Å². The first kappa shape index (κ1) is 16.3. The molecule has 2 aromatic rings. The minimum Gasteiger partial charge on any atom is -0.368 e. The second-order valence-corrected chi connectivity index (χ2v) is 7.56. The minimum atomic E-state index is 0.161. The molecule has 1 saturated heterocycles. The smallest absolute Gasteiger partial charge is 0.255 e. The van der Waals surface area contributed by atoms with Crippen molar-refractivity contribution in [1.29, 1.82) is 0 Å². The van der Waals surface area contributed by atoms with Gasteiger partial charge in [-0.15, -0.1) is 11.3 Å². The van der Waals surface area contributed by atoms with E-state index in [0.29, 0.717) is 0 Å². The molecule has 3 nitrogen and oxygen atoms in total. The zero-order valence-electron chi connectivity index (χ0n) is 13.7. The second kappa shape index (κ2) is 6.54. The number of benzene rings is 1. The molecular weight excluding hydrogens is 328 g/mol. The number of rotatable bonds is 2. The summed E-state index contributed by atoms with van der Waals surface area (Å²) in [4.78, 5) is 18.2. The number of amides is 1. The van der Waals surface area contributed by atoms with Crippen molar-refractivity contribution in [2.24, 2.45) is 0 Å². The van der Waals surface area contributed by atoms with Gasteiger partial charge in [-0.2, -0.15) is 0 Å². The van der Waals surface area contributed by atoms with E-state index in [1.807, 2.05) is 35.4 Å². The Kier molecular flexibility index (Phi) is 4.64. The second-order valence-electron chi connectivity index (χ2n) is 6.04. The molecule has 3 rings (SSSR count). The van der Waals surface area contributed by atoms with Crippen molar-refractivity contribution in [2.45, 2.75) is 20.8 Å². The van der Waals surface area contributed by atoms with Crippen molar-refractivity contribution in [1.82, 2.24) is 4.90 Å². The third kappa shape index (κ3) is 3.24. The lowest BCUT2D eigenvalue weighted by Crippen LogP contribution is -2.49. The molecule has 122 valence electrons. The molecule has 0 atom stereocenters. The Hall–Kier alpha value is -1.52. The quantitative estimate of drug-likeness (QED) is 0.808. The van der Waals surface area contributed by atoms with Crippen LogP contribution in [0.3, 0.4) is 0 Å². The van der Waals surface area contributed by atoms with Gasteiger partial charge in [0.05, 0.1) is 5.56 Å². The van der Waals surface area contributed by atoms with Crippen LogP contribution in [-0.2, 0) is 0 Å². The summed E-state index contributed by atoms with van der Waals surface area (Å²) in [5, 5.41) is 2.74. The molecule has 1 aromatic heterocycles.